The van der Waals surface area contributed by atoms with Crippen LogP contribution in [0.4, 0.5) is 0 Å². The summed E-state index contributed by atoms with van der Waals surface area (Å²) in [6.07, 6.45) is 2.03. The van der Waals surface area contributed by atoms with Gasteiger partial charge in [0.25, 0.3) is 0 Å². The van der Waals surface area contributed by atoms with Gasteiger partial charge in [-0.3, -0.25) is 4.79 Å². The van der Waals surface area contributed by atoms with Crippen molar-refractivity contribution in [1.29, 1.82) is 0 Å². The van der Waals surface area contributed by atoms with Crippen LogP contribution in [0.2, 0.25) is 0 Å². The molecule has 0 saturated heterocycles. The maximum absolute atomic E-state index is 11.1. The van der Waals surface area contributed by atoms with Crippen LogP contribution in [-0.4, -0.2) is 12.4 Å². The van der Waals surface area contributed by atoms with E-state index in [0.29, 0.717) is 25.2 Å². The Kier molecular flexibility index (Phi) is 5.53. The first-order valence-corrected chi connectivity index (χ1v) is 6.33. The molecular formula is C13H17BrO2. The molecule has 88 valence electrons. The average molecular weight is 285 g/mol. The van der Waals surface area contributed by atoms with Crippen LogP contribution >= 0.6 is 15.9 Å². The number of halogens is 1. The summed E-state index contributed by atoms with van der Waals surface area (Å²) >= 11 is 3.44. The van der Waals surface area contributed by atoms with Gasteiger partial charge in [0, 0.05) is 17.3 Å². The van der Waals surface area contributed by atoms with Crippen LogP contribution in [0.3, 0.4) is 0 Å². The molecule has 0 atom stereocenters. The van der Waals surface area contributed by atoms with Crippen molar-refractivity contribution < 1.29 is 9.53 Å². The number of Topliss-reactive ketones (excluding diaryl/α,β-unsaturated/α-hetero) is 1. The van der Waals surface area contributed by atoms with Crippen LogP contribution in [-0.2, 0) is 4.79 Å². The molecule has 2 nitrogen and oxygen atoms in total. The third-order valence-electron chi connectivity index (χ3n) is 2.39. The quantitative estimate of drug-likeness (QED) is 0.741. The minimum absolute atomic E-state index is 0.301. The summed E-state index contributed by atoms with van der Waals surface area (Å²) in [5.74, 6) is 1.17. The van der Waals surface area contributed by atoms with E-state index in [0.717, 1.165) is 22.2 Å². The first-order chi connectivity index (χ1) is 7.63. The lowest BCUT2D eigenvalue weighted by Gasteiger charge is -2.07. The van der Waals surface area contributed by atoms with Gasteiger partial charge in [0.1, 0.15) is 11.5 Å². The summed E-state index contributed by atoms with van der Waals surface area (Å²) in [4.78, 5) is 11.1. The van der Waals surface area contributed by atoms with Crippen molar-refractivity contribution in [3.05, 3.63) is 28.2 Å². The SMILES string of the molecule is CCC(=O)CCCOc1ccc(Br)c(C)c1. The van der Waals surface area contributed by atoms with Gasteiger partial charge in [-0.1, -0.05) is 22.9 Å². The van der Waals surface area contributed by atoms with Gasteiger partial charge >= 0.3 is 0 Å². The van der Waals surface area contributed by atoms with Crippen LogP contribution in [0.1, 0.15) is 31.7 Å². The van der Waals surface area contributed by atoms with Crippen molar-refractivity contribution in [1.82, 2.24) is 0 Å². The zero-order valence-corrected chi connectivity index (χ0v) is 11.3. The van der Waals surface area contributed by atoms with E-state index in [-0.39, 0.29) is 0 Å². The van der Waals surface area contributed by atoms with E-state index in [1.165, 1.54) is 0 Å². The molecule has 0 unspecified atom stereocenters. The highest BCUT2D eigenvalue weighted by Crippen LogP contribution is 2.21. The van der Waals surface area contributed by atoms with Crippen molar-refractivity contribution >= 4 is 21.7 Å². The van der Waals surface area contributed by atoms with Gasteiger partial charge < -0.3 is 4.74 Å². The molecule has 0 aliphatic heterocycles. The summed E-state index contributed by atoms with van der Waals surface area (Å²) in [6, 6.07) is 5.90. The van der Waals surface area contributed by atoms with Crippen LogP contribution < -0.4 is 4.74 Å². The summed E-state index contributed by atoms with van der Waals surface area (Å²) in [6.45, 7) is 4.52. The fourth-order valence-corrected chi connectivity index (χ4v) is 1.59. The second-order valence-corrected chi connectivity index (χ2v) is 4.61. The highest BCUT2D eigenvalue weighted by molar-refractivity contribution is 9.10. The summed E-state index contributed by atoms with van der Waals surface area (Å²) in [5, 5.41) is 0. The number of rotatable bonds is 6. The lowest BCUT2D eigenvalue weighted by atomic mass is 10.2. The Hall–Kier alpha value is -0.830. The van der Waals surface area contributed by atoms with E-state index >= 15 is 0 Å². The van der Waals surface area contributed by atoms with Gasteiger partial charge in [0.05, 0.1) is 6.61 Å². The molecule has 1 aromatic carbocycles. The van der Waals surface area contributed by atoms with Gasteiger partial charge in [-0.15, -0.1) is 0 Å². The minimum Gasteiger partial charge on any atom is -0.494 e. The maximum atomic E-state index is 11.1. The normalized spacial score (nSPS) is 10.2. The van der Waals surface area contributed by atoms with Crippen LogP contribution in [0, 0.1) is 6.92 Å². The number of ketones is 1. The number of benzene rings is 1. The zero-order chi connectivity index (χ0) is 12.0. The molecule has 0 amide bonds. The number of aryl methyl sites for hydroxylation is 1. The highest BCUT2D eigenvalue weighted by atomic mass is 79.9. The maximum Gasteiger partial charge on any atom is 0.132 e. The van der Waals surface area contributed by atoms with Crippen molar-refractivity contribution in [2.45, 2.75) is 33.1 Å². The summed E-state index contributed by atoms with van der Waals surface area (Å²) < 4.78 is 6.65. The zero-order valence-electron chi connectivity index (χ0n) is 9.75. The third-order valence-corrected chi connectivity index (χ3v) is 3.28. The molecule has 0 aromatic heterocycles. The third kappa shape index (κ3) is 4.35. The van der Waals surface area contributed by atoms with E-state index in [1.54, 1.807) is 0 Å². The average Bonchev–Trinajstić information content (AvgIpc) is 2.28. The van der Waals surface area contributed by atoms with Crippen molar-refractivity contribution in [3.63, 3.8) is 0 Å². The first kappa shape index (κ1) is 13.2. The van der Waals surface area contributed by atoms with E-state index in [9.17, 15) is 4.79 Å². The van der Waals surface area contributed by atoms with E-state index in [4.69, 9.17) is 4.74 Å². The number of carbonyl (C=O) groups is 1. The van der Waals surface area contributed by atoms with Crippen LogP contribution in [0.5, 0.6) is 5.75 Å². The van der Waals surface area contributed by atoms with E-state index in [2.05, 4.69) is 15.9 Å². The van der Waals surface area contributed by atoms with Gasteiger partial charge in [-0.25, -0.2) is 0 Å². The minimum atomic E-state index is 0.301. The largest absolute Gasteiger partial charge is 0.494 e. The number of ether oxygens (including phenoxy) is 1. The monoisotopic (exact) mass is 284 g/mol. The molecular weight excluding hydrogens is 268 g/mol. The molecule has 1 aromatic rings. The number of hydrogen-bond acceptors (Lipinski definition) is 2. The van der Waals surface area contributed by atoms with E-state index < -0.39 is 0 Å². The van der Waals surface area contributed by atoms with Crippen molar-refractivity contribution in [2.24, 2.45) is 0 Å². The molecule has 0 N–H and O–H groups in total. The Morgan fingerprint density at radius 2 is 2.19 bits per heavy atom. The molecule has 0 bridgehead atoms. The van der Waals surface area contributed by atoms with Gasteiger partial charge in [-0.2, -0.15) is 0 Å². The fourth-order valence-electron chi connectivity index (χ4n) is 1.34. The molecule has 0 heterocycles. The van der Waals surface area contributed by atoms with Crippen LogP contribution in [0.25, 0.3) is 0 Å². The Morgan fingerprint density at radius 3 is 2.81 bits per heavy atom. The molecule has 16 heavy (non-hydrogen) atoms. The smallest absolute Gasteiger partial charge is 0.132 e. The molecule has 0 saturated carbocycles. The molecule has 1 rings (SSSR count). The predicted molar refractivity (Wildman–Crippen MR) is 68.9 cm³/mol. The van der Waals surface area contributed by atoms with E-state index in [1.807, 2.05) is 32.0 Å². The van der Waals surface area contributed by atoms with Gasteiger partial charge in [-0.05, 0) is 37.1 Å². The Morgan fingerprint density at radius 1 is 1.44 bits per heavy atom. The fraction of sp³-hybridized carbons (Fsp3) is 0.462. The Bertz CT molecular complexity index is 361. The van der Waals surface area contributed by atoms with Crippen molar-refractivity contribution in [2.75, 3.05) is 6.61 Å². The van der Waals surface area contributed by atoms with Crippen LogP contribution in [0.15, 0.2) is 22.7 Å². The Balaban J connectivity index is 2.32. The molecule has 0 aliphatic rings. The summed E-state index contributed by atoms with van der Waals surface area (Å²) in [7, 11) is 0. The Labute approximate surface area is 105 Å². The lowest BCUT2D eigenvalue weighted by Crippen LogP contribution is -2.02. The van der Waals surface area contributed by atoms with Crippen molar-refractivity contribution in [3.8, 4) is 5.75 Å². The number of hydrogen-bond donors (Lipinski definition) is 0. The lowest BCUT2D eigenvalue weighted by molar-refractivity contribution is -0.118. The predicted octanol–water partition coefficient (Wildman–Crippen LogP) is 3.90. The highest BCUT2D eigenvalue weighted by Gasteiger charge is 2.00. The first-order valence-electron chi connectivity index (χ1n) is 5.54. The standard InChI is InChI=1S/C13H17BrO2/c1-3-11(15)5-4-8-16-12-6-7-13(14)10(2)9-12/h6-7,9H,3-5,8H2,1-2H3. The number of carbonyl (C=O) groups excluding carboxylic acids is 1. The topological polar surface area (TPSA) is 26.3 Å². The molecule has 0 spiro atoms. The molecule has 0 aliphatic carbocycles. The molecule has 0 fully saturated rings. The molecule has 0 radical (unpaired) electrons. The molecule has 3 heteroatoms. The van der Waals surface area contributed by atoms with Gasteiger partial charge in [0.2, 0.25) is 0 Å². The second-order valence-electron chi connectivity index (χ2n) is 3.76. The summed E-state index contributed by atoms with van der Waals surface area (Å²) in [5.41, 5.74) is 1.15. The van der Waals surface area contributed by atoms with Gasteiger partial charge in [0.15, 0.2) is 0 Å². The second kappa shape index (κ2) is 6.69.